The lowest BCUT2D eigenvalue weighted by molar-refractivity contribution is -0.870. The molecule has 0 rings (SSSR count). The van der Waals surface area contributed by atoms with Crippen LogP contribution in [0.15, 0.2) is 0 Å². The zero-order valence-electron chi connectivity index (χ0n) is 10.1. The van der Waals surface area contributed by atoms with E-state index in [4.69, 9.17) is 9.26 Å². The summed E-state index contributed by atoms with van der Waals surface area (Å²) in [5.41, 5.74) is 0. The fourth-order valence-electron chi connectivity index (χ4n) is 0.931. The van der Waals surface area contributed by atoms with Crippen LogP contribution in [0.2, 0.25) is 0 Å². The van der Waals surface area contributed by atoms with Crippen molar-refractivity contribution in [1.82, 2.24) is 0 Å². The van der Waals surface area contributed by atoms with Crippen LogP contribution < -0.4 is 0 Å². The highest BCUT2D eigenvalue weighted by molar-refractivity contribution is 7.52. The van der Waals surface area contributed by atoms with Crippen molar-refractivity contribution < 1.29 is 23.2 Å². The van der Waals surface area contributed by atoms with Crippen molar-refractivity contribution in [3.05, 3.63) is 0 Å². The summed E-state index contributed by atoms with van der Waals surface area (Å²) >= 11 is 0. The first-order valence-electron chi connectivity index (χ1n) is 5.02. The first-order valence-corrected chi connectivity index (χ1v) is 6.79. The van der Waals surface area contributed by atoms with Gasteiger partial charge in [-0.1, -0.05) is 0 Å². The van der Waals surface area contributed by atoms with E-state index in [1.54, 1.807) is 7.11 Å². The van der Waals surface area contributed by atoms with Gasteiger partial charge in [-0.3, -0.25) is 4.57 Å². The molecule has 0 spiro atoms. The Balaban J connectivity index is 3.69. The Kier molecular flexibility index (Phi) is 6.64. The second-order valence-electron chi connectivity index (χ2n) is 4.55. The summed E-state index contributed by atoms with van der Waals surface area (Å²) in [7, 11) is 4.20. The van der Waals surface area contributed by atoms with E-state index < -0.39 is 7.60 Å². The smallest absolute Gasteiger partial charge is 0.328 e. The molecule has 0 aromatic heterocycles. The molecule has 0 aliphatic carbocycles. The fraction of sp³-hybridized carbons (Fsp3) is 1.00. The van der Waals surface area contributed by atoms with Crippen LogP contribution in [0, 0.1) is 0 Å². The number of rotatable bonds is 8. The SMILES string of the molecule is COCCCP(=O)(O)OCC[N+](C)(C)C. The molecule has 92 valence electrons. The Morgan fingerprint density at radius 3 is 2.33 bits per heavy atom. The quantitative estimate of drug-likeness (QED) is 0.389. The summed E-state index contributed by atoms with van der Waals surface area (Å²) in [6, 6.07) is 0. The van der Waals surface area contributed by atoms with Gasteiger partial charge in [0.2, 0.25) is 0 Å². The normalized spacial score (nSPS) is 16.3. The highest BCUT2D eigenvalue weighted by Gasteiger charge is 2.19. The molecule has 0 aliphatic rings. The maximum absolute atomic E-state index is 11.4. The van der Waals surface area contributed by atoms with E-state index >= 15 is 0 Å². The number of nitrogens with zero attached hydrogens (tertiary/aromatic N) is 1. The predicted molar refractivity (Wildman–Crippen MR) is 60.0 cm³/mol. The van der Waals surface area contributed by atoms with E-state index in [2.05, 4.69) is 0 Å². The largest absolute Gasteiger partial charge is 0.385 e. The number of likely N-dealkylation sites (N-methyl/N-ethyl adjacent to an activating group) is 1. The first-order chi connectivity index (χ1) is 6.77. The molecule has 0 aliphatic heterocycles. The van der Waals surface area contributed by atoms with Crippen molar-refractivity contribution in [3.63, 3.8) is 0 Å². The Bertz CT molecular complexity index is 215. The lowest BCUT2D eigenvalue weighted by atomic mass is 10.5. The minimum Gasteiger partial charge on any atom is -0.385 e. The number of hydrogen-bond donors (Lipinski definition) is 1. The van der Waals surface area contributed by atoms with Gasteiger partial charge in [-0.15, -0.1) is 0 Å². The average molecular weight is 240 g/mol. The zero-order chi connectivity index (χ0) is 11.9. The minimum absolute atomic E-state index is 0.165. The van der Waals surface area contributed by atoms with Gasteiger partial charge in [-0.25, -0.2) is 0 Å². The first kappa shape index (κ1) is 15.1. The molecular weight excluding hydrogens is 217 g/mol. The van der Waals surface area contributed by atoms with Gasteiger partial charge in [0.1, 0.15) is 13.2 Å². The molecule has 0 heterocycles. The number of quaternary nitrogens is 1. The van der Waals surface area contributed by atoms with E-state index in [9.17, 15) is 9.46 Å². The molecule has 0 saturated carbocycles. The number of methoxy groups -OCH3 is 1. The molecule has 0 radical (unpaired) electrons. The van der Waals surface area contributed by atoms with Gasteiger partial charge >= 0.3 is 7.60 Å². The van der Waals surface area contributed by atoms with Gasteiger partial charge in [0.05, 0.1) is 27.3 Å². The summed E-state index contributed by atoms with van der Waals surface area (Å²) in [6.45, 7) is 1.52. The Morgan fingerprint density at radius 1 is 1.27 bits per heavy atom. The van der Waals surface area contributed by atoms with Crippen LogP contribution in [-0.2, 0) is 13.8 Å². The minimum atomic E-state index is -3.40. The lowest BCUT2D eigenvalue weighted by Gasteiger charge is -2.24. The molecule has 1 unspecified atom stereocenters. The highest BCUT2D eigenvalue weighted by Crippen LogP contribution is 2.42. The maximum atomic E-state index is 11.4. The molecule has 0 fully saturated rings. The second kappa shape index (κ2) is 6.61. The molecule has 1 N–H and O–H groups in total. The van der Waals surface area contributed by atoms with Crippen LogP contribution in [0.3, 0.4) is 0 Å². The van der Waals surface area contributed by atoms with Crippen LogP contribution in [0.4, 0.5) is 0 Å². The van der Waals surface area contributed by atoms with Gasteiger partial charge in [-0.05, 0) is 6.42 Å². The van der Waals surface area contributed by atoms with Gasteiger partial charge in [0.15, 0.2) is 0 Å². The molecule has 15 heavy (non-hydrogen) atoms. The van der Waals surface area contributed by atoms with Crippen LogP contribution in [0.25, 0.3) is 0 Å². The van der Waals surface area contributed by atoms with E-state index in [0.29, 0.717) is 19.6 Å². The van der Waals surface area contributed by atoms with Crippen molar-refractivity contribution in [1.29, 1.82) is 0 Å². The van der Waals surface area contributed by atoms with Crippen molar-refractivity contribution in [2.75, 3.05) is 54.2 Å². The fourth-order valence-corrected chi connectivity index (χ4v) is 1.96. The predicted octanol–water partition coefficient (Wildman–Crippen LogP) is 0.931. The number of ether oxygens (including phenoxy) is 1. The van der Waals surface area contributed by atoms with Crippen molar-refractivity contribution in [3.8, 4) is 0 Å². The zero-order valence-corrected chi connectivity index (χ0v) is 11.0. The van der Waals surface area contributed by atoms with Crippen LogP contribution in [0.5, 0.6) is 0 Å². The maximum Gasteiger partial charge on any atom is 0.328 e. The van der Waals surface area contributed by atoms with Gasteiger partial charge in [0.25, 0.3) is 0 Å². The van der Waals surface area contributed by atoms with Crippen molar-refractivity contribution in [2.45, 2.75) is 6.42 Å². The molecule has 0 saturated heterocycles. The van der Waals surface area contributed by atoms with Crippen molar-refractivity contribution >= 4 is 7.60 Å². The third-order valence-electron chi connectivity index (χ3n) is 1.84. The second-order valence-corrected chi connectivity index (χ2v) is 6.53. The van der Waals surface area contributed by atoms with E-state index in [1.807, 2.05) is 21.1 Å². The van der Waals surface area contributed by atoms with Crippen LogP contribution in [0.1, 0.15) is 6.42 Å². The number of hydrogen-bond acceptors (Lipinski definition) is 3. The van der Waals surface area contributed by atoms with Gasteiger partial charge in [-0.2, -0.15) is 0 Å². The van der Waals surface area contributed by atoms with E-state index in [1.165, 1.54) is 0 Å². The summed E-state index contributed by atoms with van der Waals surface area (Å²) in [5, 5.41) is 0. The summed E-state index contributed by atoms with van der Waals surface area (Å²) < 4.78 is 22.0. The third-order valence-corrected chi connectivity index (χ3v) is 3.31. The molecule has 0 aromatic rings. The topological polar surface area (TPSA) is 55.8 Å². The molecule has 0 bridgehead atoms. The van der Waals surface area contributed by atoms with Crippen LogP contribution >= 0.6 is 7.60 Å². The Labute approximate surface area is 92.1 Å². The molecule has 0 amide bonds. The van der Waals surface area contributed by atoms with Gasteiger partial charge < -0.3 is 18.6 Å². The molecular formula is C9H23NO4P+. The molecule has 5 nitrogen and oxygen atoms in total. The Hall–Kier alpha value is 0.0700. The standard InChI is InChI=1S/C9H22NO4P/c1-10(2,3)6-8-14-15(11,12)9-5-7-13-4/h5-9H2,1-4H3/p+1. The third kappa shape index (κ3) is 10.4. The summed E-state index contributed by atoms with van der Waals surface area (Å²) in [6.07, 6.45) is 0.715. The van der Waals surface area contributed by atoms with Crippen LogP contribution in [-0.4, -0.2) is 63.5 Å². The van der Waals surface area contributed by atoms with Gasteiger partial charge in [0, 0.05) is 13.7 Å². The van der Waals surface area contributed by atoms with Crippen molar-refractivity contribution in [2.24, 2.45) is 0 Å². The lowest BCUT2D eigenvalue weighted by Crippen LogP contribution is -2.37. The molecule has 6 heteroatoms. The molecule has 1 atom stereocenters. The van der Waals surface area contributed by atoms with E-state index in [-0.39, 0.29) is 6.16 Å². The average Bonchev–Trinajstić information content (AvgIpc) is 2.01. The highest BCUT2D eigenvalue weighted by atomic mass is 31.2. The summed E-state index contributed by atoms with van der Waals surface area (Å²) in [5.74, 6) is 0. The monoisotopic (exact) mass is 240 g/mol. The molecule has 0 aromatic carbocycles. The summed E-state index contributed by atoms with van der Waals surface area (Å²) in [4.78, 5) is 9.41. The van der Waals surface area contributed by atoms with E-state index in [0.717, 1.165) is 11.0 Å². The Morgan fingerprint density at radius 2 is 1.87 bits per heavy atom.